The van der Waals surface area contributed by atoms with Crippen molar-refractivity contribution in [3.63, 3.8) is 0 Å². The number of amides is 2. The Kier molecular flexibility index (Phi) is 8.00. The highest BCUT2D eigenvalue weighted by Crippen LogP contribution is 2.24. The van der Waals surface area contributed by atoms with E-state index in [1.807, 2.05) is 25.1 Å². The van der Waals surface area contributed by atoms with Crippen LogP contribution in [0.2, 0.25) is 10.0 Å². The Morgan fingerprint density at radius 2 is 1.87 bits per heavy atom. The van der Waals surface area contributed by atoms with Gasteiger partial charge < -0.3 is 15.5 Å². The van der Waals surface area contributed by atoms with E-state index in [1.165, 1.54) is 18.9 Å². The number of anilines is 2. The van der Waals surface area contributed by atoms with Crippen LogP contribution in [0.1, 0.15) is 49.4 Å². The summed E-state index contributed by atoms with van der Waals surface area (Å²) in [5.74, 6) is -0.626. The van der Waals surface area contributed by atoms with Crippen LogP contribution in [-0.4, -0.2) is 30.9 Å². The number of carbonyl (C=O) groups excluding carboxylic acids is 2. The number of nitrogens with zero attached hydrogens (tertiary/aromatic N) is 1. The molecule has 0 radical (unpaired) electrons. The van der Waals surface area contributed by atoms with Crippen LogP contribution in [0.4, 0.5) is 11.4 Å². The van der Waals surface area contributed by atoms with Crippen LogP contribution in [0.5, 0.6) is 0 Å². The summed E-state index contributed by atoms with van der Waals surface area (Å²) >= 11 is 12.1. The highest BCUT2D eigenvalue weighted by atomic mass is 35.5. The molecular formula is C23H27Cl2N3O2. The molecule has 5 nitrogen and oxygen atoms in total. The molecule has 0 aromatic heterocycles. The molecule has 3 rings (SSSR count). The van der Waals surface area contributed by atoms with E-state index in [-0.39, 0.29) is 10.9 Å². The highest BCUT2D eigenvalue weighted by molar-refractivity contribution is 6.36. The summed E-state index contributed by atoms with van der Waals surface area (Å²) in [7, 11) is 0. The third kappa shape index (κ3) is 5.89. The van der Waals surface area contributed by atoms with Gasteiger partial charge in [0, 0.05) is 29.5 Å². The molecule has 160 valence electrons. The standard InChI is InChI=1S/C23H27Cl2N3O2/c1-2-3-9-21(27-22(29)19-11-10-16(24)14-20(19)25)23(30)26-17-7-6-8-18(15-17)28-12-4-5-13-28/h6-8,10-11,14-15,21H,2-5,9,12-13H2,1H3,(H,26,30)(H,27,29)/t21-/m1/s1. The Labute approximate surface area is 187 Å². The second-order valence-electron chi connectivity index (χ2n) is 7.53. The molecule has 1 fully saturated rings. The predicted octanol–water partition coefficient (Wildman–Crippen LogP) is 5.52. The lowest BCUT2D eigenvalue weighted by atomic mass is 10.1. The Balaban J connectivity index is 1.70. The van der Waals surface area contributed by atoms with E-state index < -0.39 is 11.9 Å². The van der Waals surface area contributed by atoms with Gasteiger partial charge in [0.15, 0.2) is 0 Å². The Hall–Kier alpha value is -2.24. The van der Waals surface area contributed by atoms with Crippen LogP contribution in [0.15, 0.2) is 42.5 Å². The van der Waals surface area contributed by atoms with E-state index in [4.69, 9.17) is 23.2 Å². The van der Waals surface area contributed by atoms with Crippen molar-refractivity contribution in [2.24, 2.45) is 0 Å². The molecular weight excluding hydrogens is 421 g/mol. The van der Waals surface area contributed by atoms with Gasteiger partial charge in [-0.25, -0.2) is 0 Å². The molecule has 0 unspecified atom stereocenters. The van der Waals surface area contributed by atoms with Crippen molar-refractivity contribution < 1.29 is 9.59 Å². The summed E-state index contributed by atoms with van der Waals surface area (Å²) < 4.78 is 0. The Morgan fingerprint density at radius 1 is 1.10 bits per heavy atom. The van der Waals surface area contributed by atoms with Crippen LogP contribution >= 0.6 is 23.2 Å². The van der Waals surface area contributed by atoms with E-state index in [2.05, 4.69) is 21.6 Å². The number of carbonyl (C=O) groups is 2. The topological polar surface area (TPSA) is 61.4 Å². The fraction of sp³-hybridized carbons (Fsp3) is 0.391. The second-order valence-corrected chi connectivity index (χ2v) is 8.37. The summed E-state index contributed by atoms with van der Waals surface area (Å²) in [6.45, 7) is 4.12. The molecule has 2 N–H and O–H groups in total. The zero-order valence-electron chi connectivity index (χ0n) is 17.1. The van der Waals surface area contributed by atoms with Crippen molar-refractivity contribution >= 4 is 46.4 Å². The van der Waals surface area contributed by atoms with Crippen LogP contribution in [0.3, 0.4) is 0 Å². The minimum Gasteiger partial charge on any atom is -0.371 e. The number of hydrogen-bond donors (Lipinski definition) is 2. The Bertz CT molecular complexity index is 898. The molecule has 2 aromatic rings. The summed E-state index contributed by atoms with van der Waals surface area (Å²) in [5, 5.41) is 6.50. The molecule has 1 aliphatic rings. The highest BCUT2D eigenvalue weighted by Gasteiger charge is 2.23. The molecule has 30 heavy (non-hydrogen) atoms. The van der Waals surface area contributed by atoms with Gasteiger partial charge in [0.2, 0.25) is 5.91 Å². The molecule has 0 aliphatic carbocycles. The number of hydrogen-bond acceptors (Lipinski definition) is 3. The van der Waals surface area contributed by atoms with Crippen molar-refractivity contribution in [2.75, 3.05) is 23.3 Å². The SMILES string of the molecule is CCCC[C@@H](NC(=O)c1ccc(Cl)cc1Cl)C(=O)Nc1cccc(N2CCCC2)c1. The first-order valence-electron chi connectivity index (χ1n) is 10.4. The average molecular weight is 448 g/mol. The molecule has 7 heteroatoms. The minimum absolute atomic E-state index is 0.236. The molecule has 2 aromatic carbocycles. The Morgan fingerprint density at radius 3 is 2.57 bits per heavy atom. The normalized spacial score (nSPS) is 14.4. The van der Waals surface area contributed by atoms with Crippen LogP contribution < -0.4 is 15.5 Å². The zero-order chi connectivity index (χ0) is 21.5. The van der Waals surface area contributed by atoms with E-state index in [1.54, 1.807) is 12.1 Å². The third-order valence-electron chi connectivity index (χ3n) is 5.23. The molecule has 0 saturated carbocycles. The van der Waals surface area contributed by atoms with E-state index in [0.717, 1.165) is 37.3 Å². The van der Waals surface area contributed by atoms with Crippen LogP contribution in [0.25, 0.3) is 0 Å². The van der Waals surface area contributed by atoms with Crippen molar-refractivity contribution in [2.45, 2.75) is 45.1 Å². The number of benzene rings is 2. The lowest BCUT2D eigenvalue weighted by Gasteiger charge is -2.21. The molecule has 0 spiro atoms. The van der Waals surface area contributed by atoms with Gasteiger partial charge in [-0.3, -0.25) is 9.59 Å². The first-order chi connectivity index (χ1) is 14.5. The maximum atomic E-state index is 13.0. The number of halogens is 2. The molecule has 2 amide bonds. The third-order valence-corrected chi connectivity index (χ3v) is 5.78. The summed E-state index contributed by atoms with van der Waals surface area (Å²) in [6.07, 6.45) is 4.67. The van der Waals surface area contributed by atoms with Gasteiger partial charge in [-0.1, -0.05) is 49.0 Å². The fourth-order valence-electron chi connectivity index (χ4n) is 3.57. The lowest BCUT2D eigenvalue weighted by molar-refractivity contribution is -0.118. The molecule has 1 aliphatic heterocycles. The van der Waals surface area contributed by atoms with Crippen molar-refractivity contribution in [3.05, 3.63) is 58.1 Å². The van der Waals surface area contributed by atoms with E-state index in [0.29, 0.717) is 17.0 Å². The van der Waals surface area contributed by atoms with Crippen LogP contribution in [-0.2, 0) is 4.79 Å². The number of nitrogens with one attached hydrogen (secondary N) is 2. The van der Waals surface area contributed by atoms with Crippen molar-refractivity contribution in [1.82, 2.24) is 5.32 Å². The van der Waals surface area contributed by atoms with Gasteiger partial charge in [0.25, 0.3) is 5.91 Å². The first-order valence-corrected chi connectivity index (χ1v) is 11.2. The molecule has 0 bridgehead atoms. The van der Waals surface area contributed by atoms with Gasteiger partial charge in [0.05, 0.1) is 10.6 Å². The smallest absolute Gasteiger partial charge is 0.253 e. The second kappa shape index (κ2) is 10.7. The fourth-order valence-corrected chi connectivity index (χ4v) is 4.07. The van der Waals surface area contributed by atoms with E-state index in [9.17, 15) is 9.59 Å². The summed E-state index contributed by atoms with van der Waals surface area (Å²) in [4.78, 5) is 28.0. The number of unbranched alkanes of at least 4 members (excludes halogenated alkanes) is 1. The van der Waals surface area contributed by atoms with Crippen LogP contribution in [0, 0.1) is 0 Å². The van der Waals surface area contributed by atoms with Gasteiger partial charge in [0.1, 0.15) is 6.04 Å². The maximum Gasteiger partial charge on any atom is 0.253 e. The van der Waals surface area contributed by atoms with E-state index >= 15 is 0 Å². The maximum absolute atomic E-state index is 13.0. The monoisotopic (exact) mass is 447 g/mol. The largest absolute Gasteiger partial charge is 0.371 e. The summed E-state index contributed by atoms with van der Waals surface area (Å²) in [5.41, 5.74) is 2.13. The quantitative estimate of drug-likeness (QED) is 0.559. The molecule has 1 heterocycles. The van der Waals surface area contributed by atoms with Gasteiger partial charge in [-0.2, -0.15) is 0 Å². The minimum atomic E-state index is -0.653. The lowest BCUT2D eigenvalue weighted by Crippen LogP contribution is -2.43. The first kappa shape index (κ1) is 22.4. The van der Waals surface area contributed by atoms with Crippen molar-refractivity contribution in [3.8, 4) is 0 Å². The predicted molar refractivity (Wildman–Crippen MR) is 124 cm³/mol. The van der Waals surface area contributed by atoms with Gasteiger partial charge in [-0.15, -0.1) is 0 Å². The zero-order valence-corrected chi connectivity index (χ0v) is 18.6. The average Bonchev–Trinajstić information content (AvgIpc) is 3.26. The van der Waals surface area contributed by atoms with Gasteiger partial charge in [-0.05, 0) is 55.7 Å². The van der Waals surface area contributed by atoms with Gasteiger partial charge >= 0.3 is 0 Å². The molecule has 1 atom stereocenters. The van der Waals surface area contributed by atoms with Crippen molar-refractivity contribution in [1.29, 1.82) is 0 Å². The number of rotatable bonds is 8. The molecule has 1 saturated heterocycles. The summed E-state index contributed by atoms with van der Waals surface area (Å²) in [6, 6.07) is 11.9.